The molecule has 2 rings (SSSR count). The molecule has 0 aliphatic carbocycles. The van der Waals surface area contributed by atoms with Gasteiger partial charge in [-0.25, -0.2) is 0 Å². The second-order valence-electron chi connectivity index (χ2n) is 4.46. The third kappa shape index (κ3) is 7.08. The number of para-hydroxylation sites is 2. The molecule has 0 N–H and O–H groups in total. The Labute approximate surface area is 133 Å². The highest BCUT2D eigenvalue weighted by Crippen LogP contribution is 2.08. The summed E-state index contributed by atoms with van der Waals surface area (Å²) >= 11 is 0. The Morgan fingerprint density at radius 2 is 0.789 bits per heavy atom. The fourth-order valence-corrected chi connectivity index (χ4v) is 1.45. The molecular formula is C16H24MgN2. The first-order valence-corrected chi connectivity index (χ1v) is 6.06. The van der Waals surface area contributed by atoms with E-state index in [0.29, 0.717) is 0 Å². The van der Waals surface area contributed by atoms with Gasteiger partial charge in [-0.05, 0) is 24.3 Å². The summed E-state index contributed by atoms with van der Waals surface area (Å²) in [5.74, 6) is 0. The minimum absolute atomic E-state index is 0. The zero-order valence-electron chi connectivity index (χ0n) is 11.7. The summed E-state index contributed by atoms with van der Waals surface area (Å²) < 4.78 is 0. The third-order valence-corrected chi connectivity index (χ3v) is 2.55. The van der Waals surface area contributed by atoms with Gasteiger partial charge in [0.05, 0.1) is 0 Å². The van der Waals surface area contributed by atoms with Gasteiger partial charge in [-0.3, -0.25) is 0 Å². The average Bonchev–Trinajstić information content (AvgIpc) is 2.41. The van der Waals surface area contributed by atoms with Crippen molar-refractivity contribution in [2.24, 2.45) is 0 Å². The van der Waals surface area contributed by atoms with Crippen molar-refractivity contribution < 1.29 is 0 Å². The Morgan fingerprint density at radius 1 is 0.526 bits per heavy atom. The van der Waals surface area contributed by atoms with Gasteiger partial charge < -0.3 is 9.80 Å². The molecule has 0 unspecified atom stereocenters. The summed E-state index contributed by atoms with van der Waals surface area (Å²) in [5.41, 5.74) is 2.50. The van der Waals surface area contributed by atoms with Crippen molar-refractivity contribution >= 4 is 34.4 Å². The van der Waals surface area contributed by atoms with Gasteiger partial charge in [0.2, 0.25) is 0 Å². The Kier molecular flexibility index (Phi) is 9.09. The van der Waals surface area contributed by atoms with Gasteiger partial charge in [0.25, 0.3) is 0 Å². The molecule has 0 radical (unpaired) electrons. The summed E-state index contributed by atoms with van der Waals surface area (Å²) in [5, 5.41) is 0. The molecule has 2 nitrogen and oxygen atoms in total. The van der Waals surface area contributed by atoms with Crippen LogP contribution in [0.5, 0.6) is 0 Å². The van der Waals surface area contributed by atoms with Gasteiger partial charge in [0, 0.05) is 39.6 Å². The van der Waals surface area contributed by atoms with Crippen molar-refractivity contribution in [1.29, 1.82) is 0 Å². The first kappa shape index (κ1) is 17.8. The van der Waals surface area contributed by atoms with E-state index in [9.17, 15) is 0 Å². The van der Waals surface area contributed by atoms with Gasteiger partial charge in [0.15, 0.2) is 0 Å². The van der Waals surface area contributed by atoms with Crippen molar-refractivity contribution in [1.82, 2.24) is 0 Å². The van der Waals surface area contributed by atoms with Crippen molar-refractivity contribution in [3.8, 4) is 0 Å². The van der Waals surface area contributed by atoms with Crippen LogP contribution in [-0.2, 0) is 0 Å². The SMILES string of the molecule is CN(C)c1ccccc1.CN(C)c1ccccc1.[MgH2]. The van der Waals surface area contributed by atoms with E-state index >= 15 is 0 Å². The molecular weight excluding hydrogens is 244 g/mol. The van der Waals surface area contributed by atoms with Gasteiger partial charge in [-0.2, -0.15) is 0 Å². The number of rotatable bonds is 2. The molecule has 0 amide bonds. The minimum Gasteiger partial charge on any atom is -0.378 e. The van der Waals surface area contributed by atoms with E-state index in [1.165, 1.54) is 11.4 Å². The van der Waals surface area contributed by atoms with Crippen LogP contribution >= 0.6 is 0 Å². The highest BCUT2D eigenvalue weighted by molar-refractivity contribution is 5.75. The molecule has 0 bridgehead atoms. The maximum Gasteiger partial charge on any atom is 0.316 e. The maximum atomic E-state index is 2.08. The fourth-order valence-electron chi connectivity index (χ4n) is 1.45. The van der Waals surface area contributed by atoms with Gasteiger partial charge >= 0.3 is 23.1 Å². The van der Waals surface area contributed by atoms with Crippen LogP contribution in [0.25, 0.3) is 0 Å². The summed E-state index contributed by atoms with van der Waals surface area (Å²) in [4.78, 5) is 4.17. The predicted octanol–water partition coefficient (Wildman–Crippen LogP) is 2.59. The Hall–Kier alpha value is -1.19. The van der Waals surface area contributed by atoms with E-state index in [-0.39, 0.29) is 23.1 Å². The monoisotopic (exact) mass is 268 g/mol. The number of hydrogen-bond donors (Lipinski definition) is 0. The standard InChI is InChI=1S/2C8H11N.Mg.2H/c2*1-9(2)8-6-4-3-5-7-8;;;/h2*3-7H,1-2H3;;;. The molecule has 0 saturated carbocycles. The zero-order chi connectivity index (χ0) is 13.4. The topological polar surface area (TPSA) is 6.48 Å². The quantitative estimate of drug-likeness (QED) is 0.773. The molecule has 0 heterocycles. The number of hydrogen-bond acceptors (Lipinski definition) is 2. The smallest absolute Gasteiger partial charge is 0.316 e. The fraction of sp³-hybridized carbons (Fsp3) is 0.250. The molecule has 0 aliphatic heterocycles. The van der Waals surface area contributed by atoms with Crippen LogP contribution in [0.3, 0.4) is 0 Å². The summed E-state index contributed by atoms with van der Waals surface area (Å²) in [6.07, 6.45) is 0. The normalized spacial score (nSPS) is 8.63. The molecule has 19 heavy (non-hydrogen) atoms. The maximum absolute atomic E-state index is 2.08. The molecule has 0 aromatic heterocycles. The Morgan fingerprint density at radius 3 is 0.947 bits per heavy atom. The molecule has 0 atom stereocenters. The molecule has 100 valence electrons. The Bertz CT molecular complexity index is 384. The lowest BCUT2D eigenvalue weighted by Crippen LogP contribution is -2.07. The van der Waals surface area contributed by atoms with E-state index in [2.05, 4.69) is 34.1 Å². The van der Waals surface area contributed by atoms with Crippen molar-refractivity contribution in [3.63, 3.8) is 0 Å². The van der Waals surface area contributed by atoms with E-state index in [4.69, 9.17) is 0 Å². The zero-order valence-corrected chi connectivity index (χ0v) is 11.7. The largest absolute Gasteiger partial charge is 0.378 e. The predicted molar refractivity (Wildman–Crippen MR) is 90.1 cm³/mol. The lowest BCUT2D eigenvalue weighted by atomic mass is 10.3. The molecule has 2 aromatic carbocycles. The van der Waals surface area contributed by atoms with Gasteiger partial charge in [-0.15, -0.1) is 0 Å². The third-order valence-electron chi connectivity index (χ3n) is 2.55. The second-order valence-corrected chi connectivity index (χ2v) is 4.46. The summed E-state index contributed by atoms with van der Waals surface area (Å²) in [7, 11) is 8.15. The van der Waals surface area contributed by atoms with Gasteiger partial charge in [0.1, 0.15) is 0 Å². The van der Waals surface area contributed by atoms with Crippen molar-refractivity contribution in [2.45, 2.75) is 0 Å². The van der Waals surface area contributed by atoms with Crippen LogP contribution in [0, 0.1) is 0 Å². The average molecular weight is 269 g/mol. The number of anilines is 2. The molecule has 0 spiro atoms. The van der Waals surface area contributed by atoms with Crippen LogP contribution in [0.4, 0.5) is 11.4 Å². The number of benzene rings is 2. The van der Waals surface area contributed by atoms with Crippen LogP contribution in [-0.4, -0.2) is 51.2 Å². The van der Waals surface area contributed by atoms with Gasteiger partial charge in [-0.1, -0.05) is 36.4 Å². The highest BCUT2D eigenvalue weighted by Gasteiger charge is 1.88. The summed E-state index contributed by atoms with van der Waals surface area (Å²) in [6, 6.07) is 20.5. The lowest BCUT2D eigenvalue weighted by Gasteiger charge is -2.10. The van der Waals surface area contributed by atoms with E-state index < -0.39 is 0 Å². The van der Waals surface area contributed by atoms with Crippen LogP contribution in [0.2, 0.25) is 0 Å². The van der Waals surface area contributed by atoms with Crippen molar-refractivity contribution in [2.75, 3.05) is 38.0 Å². The molecule has 0 saturated heterocycles. The first-order valence-electron chi connectivity index (χ1n) is 6.06. The number of nitrogens with zero attached hydrogens (tertiary/aromatic N) is 2. The highest BCUT2D eigenvalue weighted by atomic mass is 24.3. The van der Waals surface area contributed by atoms with Crippen LogP contribution in [0.15, 0.2) is 60.7 Å². The molecule has 0 fully saturated rings. The lowest BCUT2D eigenvalue weighted by molar-refractivity contribution is 1.13. The van der Waals surface area contributed by atoms with E-state index in [0.717, 1.165) is 0 Å². The van der Waals surface area contributed by atoms with Crippen LogP contribution < -0.4 is 9.80 Å². The molecule has 3 heteroatoms. The summed E-state index contributed by atoms with van der Waals surface area (Å²) in [6.45, 7) is 0. The van der Waals surface area contributed by atoms with E-state index in [1.807, 2.05) is 64.6 Å². The van der Waals surface area contributed by atoms with Crippen molar-refractivity contribution in [3.05, 3.63) is 60.7 Å². The second kappa shape index (κ2) is 9.70. The minimum atomic E-state index is 0. The molecule has 0 aliphatic rings. The molecule has 2 aromatic rings. The Balaban J connectivity index is 0.000000324. The van der Waals surface area contributed by atoms with E-state index in [1.54, 1.807) is 0 Å². The first-order chi connectivity index (χ1) is 8.61. The van der Waals surface area contributed by atoms with Crippen LogP contribution in [0.1, 0.15) is 0 Å².